The molecule has 0 atom stereocenters. The maximum atomic E-state index is 13.1. The minimum atomic E-state index is -0.118. The van der Waals surface area contributed by atoms with Crippen molar-refractivity contribution in [1.29, 1.82) is 0 Å². The van der Waals surface area contributed by atoms with Gasteiger partial charge >= 0.3 is 0 Å². The topological polar surface area (TPSA) is 77.7 Å². The molecule has 0 saturated heterocycles. The van der Waals surface area contributed by atoms with Crippen LogP contribution in [0.2, 0.25) is 0 Å². The maximum absolute atomic E-state index is 13.1. The van der Waals surface area contributed by atoms with Gasteiger partial charge in [0, 0.05) is 37.1 Å². The molecule has 0 saturated carbocycles. The molecule has 3 rings (SSSR count). The van der Waals surface area contributed by atoms with Crippen LogP contribution in [0.4, 0.5) is 0 Å². The summed E-state index contributed by atoms with van der Waals surface area (Å²) in [4.78, 5) is 19.2. The Morgan fingerprint density at radius 1 is 1.07 bits per heavy atom. The molecule has 0 radical (unpaired) electrons. The Balaban J connectivity index is 2.06. The molecule has 0 aliphatic rings. The first kappa shape index (κ1) is 18.7. The summed E-state index contributed by atoms with van der Waals surface area (Å²) in [7, 11) is 4.92. The molecule has 0 spiro atoms. The van der Waals surface area contributed by atoms with Crippen molar-refractivity contribution in [3.8, 4) is 11.5 Å². The highest BCUT2D eigenvalue weighted by molar-refractivity contribution is 6.08. The monoisotopic (exact) mass is 365 g/mol. The van der Waals surface area contributed by atoms with E-state index < -0.39 is 0 Å². The third kappa shape index (κ3) is 3.71. The second kappa shape index (κ2) is 8.05. The van der Waals surface area contributed by atoms with Gasteiger partial charge in [0.1, 0.15) is 0 Å². The first-order valence-corrected chi connectivity index (χ1v) is 8.62. The number of hydrogen-bond acceptors (Lipinski definition) is 5. The lowest BCUT2D eigenvalue weighted by Gasteiger charge is -2.19. The lowest BCUT2D eigenvalue weighted by Crippen LogP contribution is -2.26. The summed E-state index contributed by atoms with van der Waals surface area (Å²) in [6.45, 7) is 0.771. The van der Waals surface area contributed by atoms with Crippen LogP contribution in [0.3, 0.4) is 0 Å². The van der Waals surface area contributed by atoms with Crippen LogP contribution < -0.4 is 15.2 Å². The molecule has 0 fully saturated rings. The Bertz CT molecular complexity index is 958. The van der Waals surface area contributed by atoms with E-state index >= 15 is 0 Å². The van der Waals surface area contributed by atoms with Crippen LogP contribution in [0.25, 0.3) is 10.8 Å². The van der Waals surface area contributed by atoms with E-state index in [-0.39, 0.29) is 12.5 Å². The number of pyridine rings is 1. The number of aromatic nitrogens is 1. The Morgan fingerprint density at radius 2 is 1.70 bits per heavy atom. The molecular weight excluding hydrogens is 342 g/mol. The van der Waals surface area contributed by atoms with Crippen LogP contribution in [0, 0.1) is 0 Å². The average Bonchev–Trinajstić information content (AvgIpc) is 2.71. The smallest absolute Gasteiger partial charge is 0.256 e. The molecule has 6 nitrogen and oxygen atoms in total. The fourth-order valence-corrected chi connectivity index (χ4v) is 3.09. The van der Waals surface area contributed by atoms with Crippen LogP contribution in [-0.2, 0) is 13.1 Å². The molecule has 1 aromatic heterocycles. The highest BCUT2D eigenvalue weighted by atomic mass is 16.5. The third-order valence-electron chi connectivity index (χ3n) is 4.51. The summed E-state index contributed by atoms with van der Waals surface area (Å²) in [6, 6.07) is 13.5. The van der Waals surface area contributed by atoms with Gasteiger partial charge in [-0.3, -0.25) is 9.78 Å². The van der Waals surface area contributed by atoms with E-state index in [0.29, 0.717) is 29.3 Å². The second-order valence-corrected chi connectivity index (χ2v) is 6.22. The summed E-state index contributed by atoms with van der Waals surface area (Å²) in [5.74, 6) is 1.01. The van der Waals surface area contributed by atoms with E-state index in [1.54, 1.807) is 38.4 Å². The largest absolute Gasteiger partial charge is 0.493 e. The first-order valence-electron chi connectivity index (χ1n) is 8.62. The van der Waals surface area contributed by atoms with Gasteiger partial charge in [-0.25, -0.2) is 0 Å². The summed E-state index contributed by atoms with van der Waals surface area (Å²) >= 11 is 0. The Kier molecular flexibility index (Phi) is 5.57. The second-order valence-electron chi connectivity index (χ2n) is 6.22. The Morgan fingerprint density at radius 3 is 2.30 bits per heavy atom. The van der Waals surface area contributed by atoms with Gasteiger partial charge in [0.05, 0.1) is 25.5 Å². The minimum absolute atomic E-state index is 0.118. The Hall–Kier alpha value is -3.12. The van der Waals surface area contributed by atoms with Crippen LogP contribution in [0.5, 0.6) is 11.5 Å². The van der Waals surface area contributed by atoms with Crippen molar-refractivity contribution in [2.45, 2.75) is 13.1 Å². The number of amides is 1. The number of carbonyl (C=O) groups excluding carboxylic acids is 1. The molecule has 0 bridgehead atoms. The van der Waals surface area contributed by atoms with Crippen molar-refractivity contribution in [2.24, 2.45) is 5.73 Å². The number of nitrogens with zero attached hydrogens (tertiary/aromatic N) is 2. The van der Waals surface area contributed by atoms with Gasteiger partial charge in [0.15, 0.2) is 11.5 Å². The number of rotatable bonds is 6. The lowest BCUT2D eigenvalue weighted by atomic mass is 10.0. The third-order valence-corrected chi connectivity index (χ3v) is 4.51. The van der Waals surface area contributed by atoms with E-state index in [2.05, 4.69) is 4.98 Å². The van der Waals surface area contributed by atoms with Crippen molar-refractivity contribution < 1.29 is 14.3 Å². The number of methoxy groups -OCH3 is 2. The molecule has 0 aliphatic heterocycles. The molecule has 0 unspecified atom stereocenters. The molecule has 6 heteroatoms. The summed E-state index contributed by atoms with van der Waals surface area (Å²) < 4.78 is 10.8. The van der Waals surface area contributed by atoms with Crippen LogP contribution in [0.15, 0.2) is 48.7 Å². The molecular formula is C21H23N3O3. The van der Waals surface area contributed by atoms with Gasteiger partial charge in [-0.2, -0.15) is 0 Å². The zero-order valence-electron chi connectivity index (χ0n) is 15.7. The SMILES string of the molecule is COc1cc2c(C(=O)N(C)Cc3ccccc3)cnc(CN)c2cc1OC. The number of benzene rings is 2. The molecule has 2 N–H and O–H groups in total. The van der Waals surface area contributed by atoms with Gasteiger partial charge in [-0.15, -0.1) is 0 Å². The van der Waals surface area contributed by atoms with Crippen LogP contribution in [-0.4, -0.2) is 37.1 Å². The van der Waals surface area contributed by atoms with Crippen molar-refractivity contribution >= 4 is 16.7 Å². The molecule has 3 aromatic rings. The molecule has 1 heterocycles. The van der Waals surface area contributed by atoms with E-state index in [4.69, 9.17) is 15.2 Å². The first-order chi connectivity index (χ1) is 13.1. The van der Waals surface area contributed by atoms with Gasteiger partial charge < -0.3 is 20.1 Å². The zero-order chi connectivity index (χ0) is 19.4. The van der Waals surface area contributed by atoms with Crippen LogP contribution >= 0.6 is 0 Å². The normalized spacial score (nSPS) is 10.7. The van der Waals surface area contributed by atoms with Gasteiger partial charge in [0.25, 0.3) is 5.91 Å². The number of ether oxygens (including phenoxy) is 2. The van der Waals surface area contributed by atoms with Gasteiger partial charge in [0.2, 0.25) is 0 Å². The quantitative estimate of drug-likeness (QED) is 0.727. The van der Waals surface area contributed by atoms with Crippen molar-refractivity contribution in [3.05, 3.63) is 65.5 Å². The maximum Gasteiger partial charge on any atom is 0.256 e. The van der Waals surface area contributed by atoms with E-state index in [9.17, 15) is 4.79 Å². The predicted molar refractivity (Wildman–Crippen MR) is 105 cm³/mol. The van der Waals surface area contributed by atoms with Crippen molar-refractivity contribution in [1.82, 2.24) is 9.88 Å². The van der Waals surface area contributed by atoms with E-state index in [1.807, 2.05) is 36.4 Å². The molecule has 2 aromatic carbocycles. The summed E-state index contributed by atoms with van der Waals surface area (Å²) in [5, 5.41) is 1.53. The number of nitrogens with two attached hydrogens (primary N) is 1. The molecule has 27 heavy (non-hydrogen) atoms. The average molecular weight is 365 g/mol. The fraction of sp³-hybridized carbons (Fsp3) is 0.238. The highest BCUT2D eigenvalue weighted by Gasteiger charge is 2.19. The Labute approximate surface area is 158 Å². The zero-order valence-corrected chi connectivity index (χ0v) is 15.7. The van der Waals surface area contributed by atoms with E-state index in [0.717, 1.165) is 16.3 Å². The van der Waals surface area contributed by atoms with E-state index in [1.165, 1.54) is 0 Å². The summed E-state index contributed by atoms with van der Waals surface area (Å²) in [6.07, 6.45) is 1.58. The fourth-order valence-electron chi connectivity index (χ4n) is 3.09. The standard InChI is InChI=1S/C21H23N3O3/c1-24(13-14-7-5-4-6-8-14)21(25)17-12-23-18(11-22)16-10-20(27-3)19(26-2)9-15(16)17/h4-10,12H,11,13,22H2,1-3H3. The predicted octanol–water partition coefficient (Wildman–Crippen LogP) is 2.98. The van der Waals surface area contributed by atoms with Gasteiger partial charge in [-0.05, 0) is 17.7 Å². The number of carbonyl (C=O) groups is 1. The van der Waals surface area contributed by atoms with Crippen LogP contribution in [0.1, 0.15) is 21.6 Å². The van der Waals surface area contributed by atoms with Crippen molar-refractivity contribution in [3.63, 3.8) is 0 Å². The lowest BCUT2D eigenvalue weighted by molar-refractivity contribution is 0.0786. The highest BCUT2D eigenvalue weighted by Crippen LogP contribution is 2.35. The summed E-state index contributed by atoms with van der Waals surface area (Å²) in [5.41, 5.74) is 8.10. The van der Waals surface area contributed by atoms with Crippen molar-refractivity contribution in [2.75, 3.05) is 21.3 Å². The number of fused-ring (bicyclic) bond motifs is 1. The van der Waals surface area contributed by atoms with Gasteiger partial charge in [-0.1, -0.05) is 30.3 Å². The number of hydrogen-bond donors (Lipinski definition) is 1. The molecule has 140 valence electrons. The minimum Gasteiger partial charge on any atom is -0.493 e. The molecule has 1 amide bonds. The molecule has 0 aliphatic carbocycles.